The zero-order valence-corrected chi connectivity index (χ0v) is 69.2. The third-order valence-electron chi connectivity index (χ3n) is 21.1. The van der Waals surface area contributed by atoms with E-state index < -0.39 is 256 Å². The minimum atomic E-state index is -5.11. The number of primary amides is 1. The van der Waals surface area contributed by atoms with Crippen LogP contribution in [0.3, 0.4) is 0 Å². The number of aliphatic hydroxyl groups excluding tert-OH is 6. The van der Waals surface area contributed by atoms with Crippen molar-refractivity contribution in [2.24, 2.45) is 11.7 Å². The van der Waals surface area contributed by atoms with E-state index in [0.717, 1.165) is 91.7 Å². The number of nitrogens with one attached hydrogen (secondary N) is 9. The number of phenols is 3. The van der Waals surface area contributed by atoms with Crippen molar-refractivity contribution in [2.45, 2.75) is 214 Å². The van der Waals surface area contributed by atoms with Crippen LogP contribution >= 0.6 is 42.6 Å². The van der Waals surface area contributed by atoms with Crippen molar-refractivity contribution in [2.75, 3.05) is 38.0 Å². The molecule has 650 valence electrons. The Hall–Kier alpha value is -8.70. The van der Waals surface area contributed by atoms with E-state index in [1.54, 1.807) is 25.6 Å². The lowest BCUT2D eigenvalue weighted by molar-refractivity contribution is -0.334. The maximum atomic E-state index is 16.3. The summed E-state index contributed by atoms with van der Waals surface area (Å²) in [6, 6.07) is -1.02. The van der Waals surface area contributed by atoms with Crippen LogP contribution in [0.15, 0.2) is 78.9 Å². The van der Waals surface area contributed by atoms with E-state index in [4.69, 9.17) is 57.4 Å². The summed E-state index contributed by atoms with van der Waals surface area (Å²) in [7, 11) is -3.64. The van der Waals surface area contributed by atoms with Crippen molar-refractivity contribution in [1.29, 1.82) is 0 Å². The van der Waals surface area contributed by atoms with Crippen LogP contribution in [0.4, 0.5) is 0 Å². The van der Waals surface area contributed by atoms with Crippen LogP contribution in [-0.4, -0.2) is 220 Å². The van der Waals surface area contributed by atoms with Gasteiger partial charge < -0.3 is 138 Å². The zero-order chi connectivity index (χ0) is 86.6. The zero-order valence-electron chi connectivity index (χ0n) is 65.9. The molecule has 7 aliphatic heterocycles. The summed E-state index contributed by atoms with van der Waals surface area (Å²) >= 11 is 16.1. The average molecular weight is 1740 g/mol. The summed E-state index contributed by atoms with van der Waals surface area (Å²) in [6.45, 7) is 8.64. The smallest absolute Gasteiger partial charge is 0.344 e. The van der Waals surface area contributed by atoms with Crippen molar-refractivity contribution < 1.29 is 127 Å². The number of phenolic OH excluding ortho intramolecular Hbond substituents is 3. The summed E-state index contributed by atoms with van der Waals surface area (Å²) in [6.07, 6.45) is -10.4. The quantitative estimate of drug-likeness (QED) is 0.0250. The highest BCUT2D eigenvalue weighted by Crippen LogP contribution is 2.50. The molecule has 11 bridgehead atoms. The second-order valence-corrected chi connectivity index (χ2v) is 34.4. The van der Waals surface area contributed by atoms with Gasteiger partial charge in [-0.1, -0.05) is 107 Å². The van der Waals surface area contributed by atoms with Gasteiger partial charge in [0.1, 0.15) is 102 Å². The van der Waals surface area contributed by atoms with Crippen molar-refractivity contribution in [1.82, 2.24) is 47.9 Å². The number of ether oxygens (including phenoxy) is 6. The molecule has 2 fully saturated rings. The molecule has 119 heavy (non-hydrogen) atoms. The number of carbonyl (C=O) groups excluding carboxylic acids is 8. The first-order valence-electron chi connectivity index (χ1n) is 39.0. The van der Waals surface area contributed by atoms with Crippen LogP contribution < -0.4 is 67.8 Å². The van der Waals surface area contributed by atoms with Crippen LogP contribution in [-0.2, 0) is 57.1 Å². The topological polar surface area (TPSA) is 566 Å². The van der Waals surface area contributed by atoms with E-state index in [2.05, 4.69) is 49.5 Å². The van der Waals surface area contributed by atoms with E-state index in [1.807, 2.05) is 19.2 Å². The van der Waals surface area contributed by atoms with E-state index >= 15 is 19.2 Å². The van der Waals surface area contributed by atoms with Crippen molar-refractivity contribution in [3.05, 3.63) is 117 Å². The molecule has 0 aliphatic carbocycles. The number of amides is 8. The number of likely N-dealkylation sites (N-methyl/N-ethyl adjacent to an activating group) is 1. The van der Waals surface area contributed by atoms with Gasteiger partial charge in [0, 0.05) is 41.5 Å². The molecule has 5 aromatic carbocycles. The Bertz CT molecular complexity index is 4570. The molecule has 9 unspecified atom stereocenters. The number of fused-ring (bicyclic) bond motifs is 15. The number of nitrogens with two attached hydrogens (primary N) is 1. The highest BCUT2D eigenvalue weighted by molar-refractivity contribution is 7.99. The summed E-state index contributed by atoms with van der Waals surface area (Å²) in [5.41, 5.74) is 1.59. The molecule has 8 amide bonds. The van der Waals surface area contributed by atoms with Gasteiger partial charge in [0.15, 0.2) is 23.9 Å². The number of aliphatic hydroxyl groups is 6. The molecule has 2 saturated heterocycles. The number of carbonyl (C=O) groups is 8. The van der Waals surface area contributed by atoms with E-state index in [1.165, 1.54) is 51.3 Å². The maximum absolute atomic E-state index is 16.3. The van der Waals surface area contributed by atoms with Gasteiger partial charge in [-0.25, -0.2) is 0 Å². The van der Waals surface area contributed by atoms with Gasteiger partial charge in [0.2, 0.25) is 59.3 Å². The van der Waals surface area contributed by atoms with Gasteiger partial charge in [-0.05, 0) is 128 Å². The fourth-order valence-corrected chi connectivity index (χ4v) is 16.5. The molecule has 12 rings (SSSR count). The third kappa shape index (κ3) is 22.9. The van der Waals surface area contributed by atoms with Crippen molar-refractivity contribution in [3.8, 4) is 57.1 Å². The van der Waals surface area contributed by atoms with E-state index in [0.29, 0.717) is 12.3 Å². The number of benzene rings is 5. The SMILES string of the molecule is CCCCCCCCCCSCCN[C@@]1(C)C[C@H](O[C@H]2[C@H](Oc3c4cc5cc3Oc3ccc(cc3Cl)C(O)C3NC(=O)C(NC(=O)C5NC(=O)C(CC(N)=O)NC(=O)C(NC(=O)C(CC(C)C)NC)C(O)c5ccc(c(Cl)c5)O4)c4ccc(O)c(c4)-c4c(O)cc(O)cc4C(C(=O)NCP(=O)(O)O)NC3=O)O[C@H](CO)[C@@H](O)[C@@H]2O)O[C@@H](C)[C@H]1O. The highest BCUT2D eigenvalue weighted by atomic mass is 35.5. The van der Waals surface area contributed by atoms with Gasteiger partial charge >= 0.3 is 7.60 Å². The second kappa shape index (κ2) is 40.8. The molecule has 7 aliphatic rings. The van der Waals surface area contributed by atoms with Gasteiger partial charge in [-0.15, -0.1) is 0 Å². The van der Waals surface area contributed by atoms with Crippen LogP contribution in [0, 0.1) is 5.92 Å². The lowest BCUT2D eigenvalue weighted by Crippen LogP contribution is -2.65. The molecule has 5 aromatic rings. The first-order valence-corrected chi connectivity index (χ1v) is 42.7. The molecule has 0 saturated carbocycles. The average Bonchev–Trinajstić information content (AvgIpc) is 0.763. The lowest BCUT2D eigenvalue weighted by atomic mass is 9.85. The summed E-state index contributed by atoms with van der Waals surface area (Å²) in [5.74, 6) is -14.4. The highest BCUT2D eigenvalue weighted by Gasteiger charge is 2.52. The number of rotatable bonds is 28. The van der Waals surface area contributed by atoms with Crippen LogP contribution in [0.1, 0.15) is 163 Å². The Labute approximate surface area is 699 Å². The van der Waals surface area contributed by atoms with Gasteiger partial charge in [-0.3, -0.25) is 42.9 Å². The Balaban J connectivity index is 1.16. The third-order valence-corrected chi connectivity index (χ3v) is 23.4. The fourth-order valence-electron chi connectivity index (χ4n) is 14.8. The first kappa shape index (κ1) is 92.6. The van der Waals surface area contributed by atoms with Gasteiger partial charge in [0.05, 0.1) is 41.3 Å². The predicted octanol–water partition coefficient (Wildman–Crippen LogP) is 3.78. The molecule has 22 N–H and O–H groups in total. The van der Waals surface area contributed by atoms with Crippen molar-refractivity contribution in [3.63, 3.8) is 0 Å². The molecular formula is C79H103Cl2N10O26PS. The molecule has 7 heterocycles. The van der Waals surface area contributed by atoms with Crippen LogP contribution in [0.2, 0.25) is 10.0 Å². The second-order valence-electron chi connectivity index (χ2n) is 30.7. The van der Waals surface area contributed by atoms with Crippen LogP contribution in [0.5, 0.6) is 46.0 Å². The fraction of sp³-hybridized carbons (Fsp3) is 0.519. The number of thioether (sulfide) groups is 1. The Morgan fingerprint density at radius 3 is 1.93 bits per heavy atom. The number of unbranched alkanes of at least 4 members (excludes halogenated alkanes) is 7. The predicted molar refractivity (Wildman–Crippen MR) is 430 cm³/mol. The summed E-state index contributed by atoms with van der Waals surface area (Å²) in [4.78, 5) is 139. The Kier molecular flexibility index (Phi) is 31.7. The summed E-state index contributed by atoms with van der Waals surface area (Å²) in [5, 5.41) is 128. The first-order chi connectivity index (χ1) is 56.4. The molecule has 0 spiro atoms. The van der Waals surface area contributed by atoms with E-state index in [-0.39, 0.29) is 40.7 Å². The standard InChI is InChI=1S/C79H103Cl2N10O26PS/c1-7-8-9-10-11-12-13-14-22-119-23-21-85-79(5)33-57(112-37(4)70(79)101)116-69-67(100)66(99)55(34-92)115-78(69)117-68-53-28-41-29-54(68)114-52-20-17-40(27-46(52)81)65(98)63-77(108)89-61(73(104)84-35-118(109,110)111)44-30-42(93)31-50(95)58(44)43-25-38(15-18-49(43)94)59(74(105)91-63)88-75(106)60(41)87-72(103)48(32-56(82)96)86-76(107)62(90-71(102)47(83-6)24-36(2)3)64(97)39-16-19-51(113-53)45(80)26-39/h15-20,25-31,36-37,47-48,55,57,59-67,69-70,78,83,85,92-95,97-101H,7-14,21-24,32-35H2,1-6H3,(H2,82,96)(H,84,104)(H,86,107)(H,87,103)(H,88,106)(H,89,108)(H,90,102)(H,91,105)(H2,109,110,111)/t37-,47?,48?,55+,57-,59?,60?,61?,62?,63?,64?,65?,66+,67-,69+,70+,78-,79-/m0/s1. The molecule has 0 radical (unpaired) electrons. The lowest BCUT2D eigenvalue weighted by Gasteiger charge is -2.48. The largest absolute Gasteiger partial charge is 0.508 e. The molecule has 36 nitrogen and oxygen atoms in total. The minimum Gasteiger partial charge on any atom is -0.508 e. The Morgan fingerprint density at radius 2 is 1.32 bits per heavy atom. The number of halogens is 2. The summed E-state index contributed by atoms with van der Waals surface area (Å²) < 4.78 is 51.7. The van der Waals surface area contributed by atoms with E-state index in [9.17, 15) is 79.5 Å². The van der Waals surface area contributed by atoms with Gasteiger partial charge in [-0.2, -0.15) is 11.8 Å². The minimum absolute atomic E-state index is 0.106. The molecule has 0 aromatic heterocycles. The number of hydrogen-bond acceptors (Lipinski definition) is 27. The Morgan fingerprint density at radius 1 is 0.706 bits per heavy atom. The van der Waals surface area contributed by atoms with Crippen LogP contribution in [0.25, 0.3) is 11.1 Å². The molecular weight excluding hydrogens is 1640 g/mol. The number of hydrogen-bond donors (Lipinski definition) is 21. The maximum Gasteiger partial charge on any atom is 0.344 e. The molecule has 40 heteroatoms. The number of aromatic hydroxyl groups is 3. The van der Waals surface area contributed by atoms with Gasteiger partial charge in [0.25, 0.3) is 0 Å². The normalized spacial score (nSPS) is 26.9. The monoisotopic (exact) mass is 1740 g/mol. The molecule has 18 atom stereocenters. The van der Waals surface area contributed by atoms with Crippen molar-refractivity contribution >= 4 is 89.8 Å².